The maximum Gasteiger partial charge on any atom is 0.225 e. The first-order valence-electron chi connectivity index (χ1n) is 7.69. The van der Waals surface area contributed by atoms with Crippen LogP contribution in [0.25, 0.3) is 0 Å². The van der Waals surface area contributed by atoms with Gasteiger partial charge in [-0.2, -0.15) is 5.26 Å². The molecular formula is C17H23N3O. The number of nitriles is 1. The van der Waals surface area contributed by atoms with Gasteiger partial charge in [0.1, 0.15) is 0 Å². The maximum absolute atomic E-state index is 12.0. The second-order valence-electron chi connectivity index (χ2n) is 5.71. The summed E-state index contributed by atoms with van der Waals surface area (Å²) in [5, 5.41) is 11.6. The number of nitrogens with zero attached hydrogens (tertiary/aromatic N) is 2. The molecule has 112 valence electrons. The van der Waals surface area contributed by atoms with E-state index in [1.54, 1.807) is 24.3 Å². The topological polar surface area (TPSA) is 56.1 Å². The summed E-state index contributed by atoms with van der Waals surface area (Å²) < 4.78 is 0. The predicted molar refractivity (Wildman–Crippen MR) is 83.9 cm³/mol. The average Bonchev–Trinajstić information content (AvgIpc) is 2.86. The summed E-state index contributed by atoms with van der Waals surface area (Å²) in [6, 6.07) is 10.2. The van der Waals surface area contributed by atoms with Crippen LogP contribution in [0.15, 0.2) is 24.3 Å². The third-order valence-corrected chi connectivity index (χ3v) is 4.32. The van der Waals surface area contributed by atoms with Crippen LogP contribution >= 0.6 is 0 Å². The molecule has 2 atom stereocenters. The van der Waals surface area contributed by atoms with Crippen molar-refractivity contribution in [1.82, 2.24) is 4.90 Å². The maximum atomic E-state index is 12.0. The van der Waals surface area contributed by atoms with Crippen molar-refractivity contribution in [2.24, 2.45) is 0 Å². The van der Waals surface area contributed by atoms with Gasteiger partial charge in [-0.25, -0.2) is 0 Å². The minimum Gasteiger partial charge on any atom is -0.326 e. The van der Waals surface area contributed by atoms with E-state index in [-0.39, 0.29) is 5.91 Å². The Kier molecular flexibility index (Phi) is 5.35. The zero-order valence-corrected chi connectivity index (χ0v) is 12.8. The van der Waals surface area contributed by atoms with Gasteiger partial charge in [-0.05, 0) is 50.5 Å². The van der Waals surface area contributed by atoms with E-state index in [0.717, 1.165) is 18.7 Å². The van der Waals surface area contributed by atoms with Crippen molar-refractivity contribution in [2.45, 2.75) is 51.6 Å². The third-order valence-electron chi connectivity index (χ3n) is 4.32. The normalized spacial score (nSPS) is 22.0. The lowest BCUT2D eigenvalue weighted by Gasteiger charge is -2.27. The quantitative estimate of drug-likeness (QED) is 0.904. The number of benzene rings is 1. The summed E-state index contributed by atoms with van der Waals surface area (Å²) in [5.41, 5.74) is 1.35. The van der Waals surface area contributed by atoms with E-state index in [4.69, 9.17) is 5.26 Å². The van der Waals surface area contributed by atoms with Crippen molar-refractivity contribution in [3.63, 3.8) is 0 Å². The molecule has 0 bridgehead atoms. The molecule has 0 aromatic heterocycles. The van der Waals surface area contributed by atoms with Gasteiger partial charge in [0.15, 0.2) is 0 Å². The van der Waals surface area contributed by atoms with Crippen LogP contribution in [0.5, 0.6) is 0 Å². The number of anilines is 1. The molecule has 21 heavy (non-hydrogen) atoms. The van der Waals surface area contributed by atoms with Gasteiger partial charge in [-0.15, -0.1) is 0 Å². The predicted octanol–water partition coefficient (Wildman–Crippen LogP) is 3.15. The van der Waals surface area contributed by atoms with Crippen LogP contribution in [0.2, 0.25) is 0 Å². The average molecular weight is 285 g/mol. The third kappa shape index (κ3) is 4.05. The van der Waals surface area contributed by atoms with E-state index in [1.807, 2.05) is 0 Å². The molecule has 0 radical (unpaired) electrons. The Morgan fingerprint density at radius 2 is 2.10 bits per heavy atom. The van der Waals surface area contributed by atoms with Gasteiger partial charge in [0.25, 0.3) is 0 Å². The highest BCUT2D eigenvalue weighted by atomic mass is 16.1. The molecular weight excluding hydrogens is 262 g/mol. The monoisotopic (exact) mass is 285 g/mol. The van der Waals surface area contributed by atoms with E-state index >= 15 is 0 Å². The first-order chi connectivity index (χ1) is 10.1. The Balaban J connectivity index is 1.83. The molecule has 1 fully saturated rings. The van der Waals surface area contributed by atoms with E-state index in [9.17, 15) is 4.79 Å². The van der Waals surface area contributed by atoms with Crippen LogP contribution in [0.4, 0.5) is 5.69 Å². The number of hydrogen-bond donors (Lipinski definition) is 1. The van der Waals surface area contributed by atoms with Gasteiger partial charge in [-0.1, -0.05) is 6.92 Å². The van der Waals surface area contributed by atoms with Crippen LogP contribution in [0, 0.1) is 11.3 Å². The standard InChI is InChI=1S/C17H23N3O/c1-3-16-9-4-13(2)20(16)11-10-17(21)19-15-7-5-14(12-18)6-8-15/h5-8,13,16H,3-4,9-11H2,1-2H3,(H,19,21). The SMILES string of the molecule is CCC1CCC(C)N1CCC(=O)Nc1ccc(C#N)cc1. The summed E-state index contributed by atoms with van der Waals surface area (Å²) in [4.78, 5) is 14.5. The summed E-state index contributed by atoms with van der Waals surface area (Å²) in [6.07, 6.45) is 4.15. The van der Waals surface area contributed by atoms with Gasteiger partial charge in [0.2, 0.25) is 5.91 Å². The summed E-state index contributed by atoms with van der Waals surface area (Å²) >= 11 is 0. The number of rotatable bonds is 5. The second kappa shape index (κ2) is 7.24. The first kappa shape index (κ1) is 15.5. The Morgan fingerprint density at radius 1 is 1.38 bits per heavy atom. The van der Waals surface area contributed by atoms with E-state index in [2.05, 4.69) is 30.1 Å². The largest absolute Gasteiger partial charge is 0.326 e. The van der Waals surface area contributed by atoms with E-state index in [1.165, 1.54) is 12.8 Å². The molecule has 1 heterocycles. The van der Waals surface area contributed by atoms with Crippen molar-refractivity contribution in [3.8, 4) is 6.07 Å². The van der Waals surface area contributed by atoms with Gasteiger partial charge in [0.05, 0.1) is 11.6 Å². The highest BCUT2D eigenvalue weighted by Gasteiger charge is 2.28. The molecule has 1 aromatic rings. The Bertz CT molecular complexity index is 518. The number of hydrogen-bond acceptors (Lipinski definition) is 3. The molecule has 4 nitrogen and oxygen atoms in total. The lowest BCUT2D eigenvalue weighted by atomic mass is 10.1. The molecule has 0 aliphatic carbocycles. The number of amides is 1. The van der Waals surface area contributed by atoms with Crippen LogP contribution in [0.3, 0.4) is 0 Å². The number of nitrogens with one attached hydrogen (secondary N) is 1. The smallest absolute Gasteiger partial charge is 0.225 e. The van der Waals surface area contributed by atoms with Crippen molar-refractivity contribution < 1.29 is 4.79 Å². The van der Waals surface area contributed by atoms with E-state index in [0.29, 0.717) is 24.1 Å². The number of likely N-dealkylation sites (tertiary alicyclic amines) is 1. The number of carbonyl (C=O) groups is 1. The molecule has 1 aliphatic heterocycles. The summed E-state index contributed by atoms with van der Waals surface area (Å²) in [7, 11) is 0. The molecule has 1 aromatic carbocycles. The molecule has 2 unspecified atom stereocenters. The minimum absolute atomic E-state index is 0.0358. The van der Waals surface area contributed by atoms with Gasteiger partial charge >= 0.3 is 0 Å². The molecule has 1 N–H and O–H groups in total. The fraction of sp³-hybridized carbons (Fsp3) is 0.529. The van der Waals surface area contributed by atoms with Crippen LogP contribution in [-0.4, -0.2) is 29.4 Å². The van der Waals surface area contributed by atoms with Crippen molar-refractivity contribution in [2.75, 3.05) is 11.9 Å². The highest BCUT2D eigenvalue weighted by Crippen LogP contribution is 2.25. The molecule has 0 spiro atoms. The number of carbonyl (C=O) groups excluding carboxylic acids is 1. The molecule has 1 saturated heterocycles. The minimum atomic E-state index is 0.0358. The van der Waals surface area contributed by atoms with Crippen LogP contribution in [-0.2, 0) is 4.79 Å². The van der Waals surface area contributed by atoms with Gasteiger partial charge in [0, 0.05) is 30.7 Å². The van der Waals surface area contributed by atoms with Crippen molar-refractivity contribution in [3.05, 3.63) is 29.8 Å². The van der Waals surface area contributed by atoms with Crippen LogP contribution < -0.4 is 5.32 Å². The second-order valence-corrected chi connectivity index (χ2v) is 5.71. The van der Waals surface area contributed by atoms with Gasteiger partial charge < -0.3 is 5.32 Å². The molecule has 1 amide bonds. The Morgan fingerprint density at radius 3 is 2.71 bits per heavy atom. The lowest BCUT2D eigenvalue weighted by molar-refractivity contribution is -0.116. The Labute approximate surface area is 126 Å². The van der Waals surface area contributed by atoms with Crippen molar-refractivity contribution in [1.29, 1.82) is 5.26 Å². The highest BCUT2D eigenvalue weighted by molar-refractivity contribution is 5.90. The summed E-state index contributed by atoms with van der Waals surface area (Å²) in [5.74, 6) is 0.0358. The fourth-order valence-corrected chi connectivity index (χ4v) is 3.05. The van der Waals surface area contributed by atoms with Crippen molar-refractivity contribution >= 4 is 11.6 Å². The van der Waals surface area contributed by atoms with E-state index < -0.39 is 0 Å². The molecule has 0 saturated carbocycles. The van der Waals surface area contributed by atoms with Crippen LogP contribution in [0.1, 0.15) is 45.1 Å². The molecule has 2 rings (SSSR count). The summed E-state index contributed by atoms with van der Waals surface area (Å²) in [6.45, 7) is 5.28. The lowest BCUT2D eigenvalue weighted by Crippen LogP contribution is -2.36. The molecule has 1 aliphatic rings. The zero-order valence-electron chi connectivity index (χ0n) is 12.8. The Hall–Kier alpha value is -1.86. The zero-order chi connectivity index (χ0) is 15.2. The fourth-order valence-electron chi connectivity index (χ4n) is 3.05. The first-order valence-corrected chi connectivity index (χ1v) is 7.69. The van der Waals surface area contributed by atoms with Gasteiger partial charge in [-0.3, -0.25) is 9.69 Å². The molecule has 4 heteroatoms.